The van der Waals surface area contributed by atoms with Gasteiger partial charge in [0.15, 0.2) is 0 Å². The summed E-state index contributed by atoms with van der Waals surface area (Å²) in [5.74, 6) is -1.06. The van der Waals surface area contributed by atoms with Crippen molar-refractivity contribution in [3.8, 4) is 0 Å². The Bertz CT molecular complexity index is 436. The molecule has 6 heteroatoms. The van der Waals surface area contributed by atoms with E-state index in [4.69, 9.17) is 0 Å². The first-order valence-corrected chi connectivity index (χ1v) is 14.0. The number of hydrogen-bond acceptors (Lipinski definition) is 5. The summed E-state index contributed by atoms with van der Waals surface area (Å²) in [5.41, 5.74) is 0. The predicted octanol–water partition coefficient (Wildman–Crippen LogP) is 5.40. The fourth-order valence-electron chi connectivity index (χ4n) is 4.29. The molecule has 4 atom stereocenters. The topological polar surface area (TPSA) is 102 Å². The van der Waals surface area contributed by atoms with Crippen LogP contribution in [0.1, 0.15) is 130 Å². The van der Waals surface area contributed by atoms with Gasteiger partial charge in [0, 0.05) is 12.6 Å². The number of carbonyl (C=O) groups is 1. The molecular formula is C27H56N2O4. The smallest absolute Gasteiger partial charge is 0.323 e. The van der Waals surface area contributed by atoms with E-state index in [2.05, 4.69) is 17.6 Å². The zero-order valence-electron chi connectivity index (χ0n) is 22.0. The fourth-order valence-corrected chi connectivity index (χ4v) is 4.29. The van der Waals surface area contributed by atoms with Gasteiger partial charge < -0.3 is 26.0 Å². The number of unbranched alkanes of at least 4 members (excludes halogenated alkanes) is 14. The fraction of sp³-hybridized carbons (Fsp3) is 0.963. The maximum absolute atomic E-state index is 11.4. The van der Waals surface area contributed by atoms with Crippen molar-refractivity contribution in [1.29, 1.82) is 0 Å². The molecule has 5 N–H and O–H groups in total. The number of aliphatic hydroxyl groups is 2. The van der Waals surface area contributed by atoms with Gasteiger partial charge in [-0.1, -0.05) is 111 Å². The van der Waals surface area contributed by atoms with Crippen LogP contribution in [0.2, 0.25) is 0 Å². The SMILES string of the molecule is CCCCCCCCCCCCCCCCCNC(CNC(C(=O)O)C(O)CC)C(O)CC. The van der Waals surface area contributed by atoms with Crippen molar-refractivity contribution in [3.05, 3.63) is 0 Å². The first-order chi connectivity index (χ1) is 16.0. The van der Waals surface area contributed by atoms with Crippen LogP contribution in [0, 0.1) is 0 Å². The van der Waals surface area contributed by atoms with Crippen LogP contribution < -0.4 is 10.6 Å². The highest BCUT2D eigenvalue weighted by Crippen LogP contribution is 2.13. The number of aliphatic carboxylic acids is 1. The number of nitrogens with one attached hydrogen (secondary N) is 2. The van der Waals surface area contributed by atoms with Gasteiger partial charge in [-0.3, -0.25) is 4.79 Å². The highest BCUT2D eigenvalue weighted by Gasteiger charge is 2.27. The standard InChI is InChI=1S/C27H56N2O4/c1-4-7-8-9-10-11-12-13-14-15-16-17-18-19-20-21-28-23(24(30)5-2)22-29-26(27(32)33)25(31)6-3/h23-26,28-31H,4-22H2,1-3H3,(H,32,33). The van der Waals surface area contributed by atoms with E-state index in [1.54, 1.807) is 6.92 Å². The third kappa shape index (κ3) is 18.3. The van der Waals surface area contributed by atoms with Crippen molar-refractivity contribution >= 4 is 5.97 Å². The van der Waals surface area contributed by atoms with Crippen molar-refractivity contribution in [2.24, 2.45) is 0 Å². The van der Waals surface area contributed by atoms with Gasteiger partial charge in [0.1, 0.15) is 6.04 Å². The van der Waals surface area contributed by atoms with Crippen molar-refractivity contribution < 1.29 is 20.1 Å². The molecule has 0 bridgehead atoms. The second-order valence-electron chi connectivity index (χ2n) is 9.69. The Hall–Kier alpha value is -0.690. The van der Waals surface area contributed by atoms with Gasteiger partial charge >= 0.3 is 5.97 Å². The van der Waals surface area contributed by atoms with Gasteiger partial charge in [-0.25, -0.2) is 0 Å². The van der Waals surface area contributed by atoms with Crippen molar-refractivity contribution in [1.82, 2.24) is 10.6 Å². The lowest BCUT2D eigenvalue weighted by Gasteiger charge is -2.27. The summed E-state index contributed by atoms with van der Waals surface area (Å²) in [5, 5.41) is 35.8. The summed E-state index contributed by atoms with van der Waals surface area (Å²) in [6.07, 6.45) is 19.6. The predicted molar refractivity (Wildman–Crippen MR) is 139 cm³/mol. The Morgan fingerprint density at radius 3 is 1.45 bits per heavy atom. The molecule has 0 rings (SSSR count). The molecule has 0 saturated carbocycles. The Morgan fingerprint density at radius 1 is 0.636 bits per heavy atom. The quantitative estimate of drug-likeness (QED) is 0.114. The van der Waals surface area contributed by atoms with Gasteiger partial charge in [-0.15, -0.1) is 0 Å². The average molecular weight is 473 g/mol. The minimum Gasteiger partial charge on any atom is -0.480 e. The molecular weight excluding hydrogens is 416 g/mol. The van der Waals surface area contributed by atoms with Crippen LogP contribution in [0.25, 0.3) is 0 Å². The van der Waals surface area contributed by atoms with Crippen molar-refractivity contribution in [2.75, 3.05) is 13.1 Å². The molecule has 6 nitrogen and oxygen atoms in total. The zero-order valence-corrected chi connectivity index (χ0v) is 22.0. The second kappa shape index (κ2) is 23.1. The summed E-state index contributed by atoms with van der Waals surface area (Å²) in [4.78, 5) is 11.4. The molecule has 198 valence electrons. The van der Waals surface area contributed by atoms with E-state index in [1.165, 1.54) is 89.9 Å². The normalized spacial score (nSPS) is 15.3. The maximum Gasteiger partial charge on any atom is 0.323 e. The van der Waals surface area contributed by atoms with Gasteiger partial charge in [0.05, 0.1) is 12.2 Å². The lowest BCUT2D eigenvalue weighted by atomic mass is 10.0. The third-order valence-corrected chi connectivity index (χ3v) is 6.70. The van der Waals surface area contributed by atoms with Crippen molar-refractivity contribution in [2.45, 2.75) is 154 Å². The van der Waals surface area contributed by atoms with Crippen LogP contribution in [0.3, 0.4) is 0 Å². The summed E-state index contributed by atoms with van der Waals surface area (Å²) in [6.45, 7) is 7.08. The average Bonchev–Trinajstić information content (AvgIpc) is 2.81. The minimum absolute atomic E-state index is 0.215. The molecule has 0 aromatic heterocycles. The highest BCUT2D eigenvalue weighted by molar-refractivity contribution is 5.74. The molecule has 0 aliphatic heterocycles. The molecule has 0 amide bonds. The lowest BCUT2D eigenvalue weighted by Crippen LogP contribution is -2.53. The Morgan fingerprint density at radius 2 is 1.06 bits per heavy atom. The number of rotatable bonds is 25. The summed E-state index contributed by atoms with van der Waals surface area (Å²) in [7, 11) is 0. The van der Waals surface area contributed by atoms with Crippen LogP contribution in [-0.2, 0) is 4.79 Å². The molecule has 0 aliphatic rings. The monoisotopic (exact) mass is 472 g/mol. The highest BCUT2D eigenvalue weighted by atomic mass is 16.4. The molecule has 0 heterocycles. The molecule has 33 heavy (non-hydrogen) atoms. The van der Waals surface area contributed by atoms with E-state index >= 15 is 0 Å². The number of carboxylic acids is 1. The van der Waals surface area contributed by atoms with Crippen LogP contribution in [0.15, 0.2) is 0 Å². The summed E-state index contributed by atoms with van der Waals surface area (Å²) in [6, 6.07) is -1.22. The molecule has 0 fully saturated rings. The first-order valence-electron chi connectivity index (χ1n) is 14.0. The van der Waals surface area contributed by atoms with E-state index < -0.39 is 24.2 Å². The summed E-state index contributed by atoms with van der Waals surface area (Å²) < 4.78 is 0. The Kier molecular flexibility index (Phi) is 22.6. The van der Waals surface area contributed by atoms with Crippen LogP contribution in [0.5, 0.6) is 0 Å². The largest absolute Gasteiger partial charge is 0.480 e. The summed E-state index contributed by atoms with van der Waals surface area (Å²) >= 11 is 0. The molecule has 0 aromatic carbocycles. The van der Waals surface area contributed by atoms with E-state index in [0.29, 0.717) is 19.4 Å². The molecule has 0 spiro atoms. The maximum atomic E-state index is 11.4. The molecule has 0 saturated heterocycles. The third-order valence-electron chi connectivity index (χ3n) is 6.70. The van der Waals surface area contributed by atoms with E-state index in [1.807, 2.05) is 6.92 Å². The Balaban J connectivity index is 3.76. The van der Waals surface area contributed by atoms with Gasteiger partial charge in [-0.05, 0) is 25.8 Å². The van der Waals surface area contributed by atoms with Crippen LogP contribution in [0.4, 0.5) is 0 Å². The minimum atomic E-state index is -1.06. The van der Waals surface area contributed by atoms with E-state index in [9.17, 15) is 20.1 Å². The molecule has 4 unspecified atom stereocenters. The molecule has 0 aliphatic carbocycles. The molecule has 0 aromatic rings. The zero-order chi connectivity index (χ0) is 24.7. The van der Waals surface area contributed by atoms with Crippen molar-refractivity contribution in [3.63, 3.8) is 0 Å². The number of hydrogen-bond donors (Lipinski definition) is 5. The van der Waals surface area contributed by atoms with Gasteiger partial charge in [-0.2, -0.15) is 0 Å². The first kappa shape index (κ1) is 32.3. The number of carboxylic acid groups (broad SMARTS) is 1. The Labute approximate surface area is 204 Å². The van der Waals surface area contributed by atoms with Crippen LogP contribution in [-0.4, -0.2) is 58.7 Å². The van der Waals surface area contributed by atoms with E-state index in [0.717, 1.165) is 13.0 Å². The number of aliphatic hydroxyl groups excluding tert-OH is 2. The second-order valence-corrected chi connectivity index (χ2v) is 9.69. The van der Waals surface area contributed by atoms with E-state index in [-0.39, 0.29) is 6.04 Å². The van der Waals surface area contributed by atoms with Gasteiger partial charge in [0.25, 0.3) is 0 Å². The lowest BCUT2D eigenvalue weighted by molar-refractivity contribution is -0.142. The van der Waals surface area contributed by atoms with Crippen LogP contribution >= 0.6 is 0 Å². The molecule has 0 radical (unpaired) electrons. The van der Waals surface area contributed by atoms with Gasteiger partial charge in [0.2, 0.25) is 0 Å².